The highest BCUT2D eigenvalue weighted by Crippen LogP contribution is 2.09. The van der Waals surface area contributed by atoms with E-state index < -0.39 is 10.7 Å². The van der Waals surface area contributed by atoms with Gasteiger partial charge < -0.3 is 5.21 Å². The molecule has 0 bridgehead atoms. The first-order chi connectivity index (χ1) is 6.22. The molecule has 70 valence electrons. The van der Waals surface area contributed by atoms with Crippen LogP contribution in [-0.2, 0) is 0 Å². The van der Waals surface area contributed by atoms with Gasteiger partial charge in [0.1, 0.15) is 13.2 Å². The first kappa shape index (κ1) is 8.36. The molecule has 1 atom stereocenters. The third-order valence-corrected chi connectivity index (χ3v) is 2.07. The summed E-state index contributed by atoms with van der Waals surface area (Å²) >= 11 is 0. The van der Waals surface area contributed by atoms with E-state index in [9.17, 15) is 10.0 Å². The highest BCUT2D eigenvalue weighted by molar-refractivity contribution is 5.69. The predicted molar refractivity (Wildman–Crippen MR) is 44.4 cm³/mol. The molecule has 1 aromatic rings. The van der Waals surface area contributed by atoms with Gasteiger partial charge in [-0.05, 0) is 6.07 Å². The van der Waals surface area contributed by atoms with Crippen molar-refractivity contribution in [2.45, 2.75) is 0 Å². The summed E-state index contributed by atoms with van der Waals surface area (Å²) in [5, 5.41) is 18.3. The van der Waals surface area contributed by atoms with E-state index in [4.69, 9.17) is 0 Å². The summed E-state index contributed by atoms with van der Waals surface area (Å²) < 4.78 is 0.224. The van der Waals surface area contributed by atoms with Crippen LogP contribution in [0, 0.1) is 5.21 Å². The highest BCUT2D eigenvalue weighted by Gasteiger charge is 2.32. The van der Waals surface area contributed by atoms with Gasteiger partial charge in [-0.2, -0.15) is 9.78 Å². The number of quaternary nitrogens is 1. The summed E-state index contributed by atoms with van der Waals surface area (Å²) in [5.41, 5.74) is 0. The van der Waals surface area contributed by atoms with Crippen molar-refractivity contribution in [3.63, 3.8) is 0 Å². The zero-order valence-corrected chi connectivity index (χ0v) is 7.01. The average molecular weight is 182 g/mol. The number of aromatic nitrogens is 2. The normalized spacial score (nSPS) is 27.8. The molecule has 2 heterocycles. The van der Waals surface area contributed by atoms with E-state index in [-0.39, 0.29) is 13.2 Å². The molecular weight excluding hydrogens is 172 g/mol. The number of nitrogens with zero attached hydrogens (tertiary/aromatic N) is 3. The molecule has 0 radical (unpaired) electrons. The second-order valence-electron chi connectivity index (χ2n) is 3.00. The second kappa shape index (κ2) is 2.91. The van der Waals surface area contributed by atoms with Crippen LogP contribution in [0.4, 0.5) is 4.79 Å². The van der Waals surface area contributed by atoms with Gasteiger partial charge >= 0.3 is 6.03 Å². The lowest BCUT2D eigenvalue weighted by molar-refractivity contribution is -0.786. The van der Waals surface area contributed by atoms with Crippen LogP contribution < -0.4 is 5.32 Å². The molecule has 1 aliphatic heterocycles. The predicted octanol–water partition coefficient (Wildman–Crippen LogP) is -0.274. The molecule has 0 aromatic carbocycles. The average Bonchev–Trinajstić information content (AvgIpc) is 2.73. The molecule has 6 heteroatoms. The monoisotopic (exact) mass is 182 g/mol. The Morgan fingerprint density at radius 2 is 2.54 bits per heavy atom. The first-order valence-electron chi connectivity index (χ1n) is 4.06. The summed E-state index contributed by atoms with van der Waals surface area (Å²) in [6.07, 6.45) is 2.96. The lowest BCUT2D eigenvalue weighted by atomic mass is 10.6. The van der Waals surface area contributed by atoms with Crippen LogP contribution in [0.25, 0.3) is 0 Å². The van der Waals surface area contributed by atoms with Crippen LogP contribution in [0.3, 0.4) is 0 Å². The molecule has 1 N–H and O–H groups in total. The van der Waals surface area contributed by atoms with Gasteiger partial charge in [0.15, 0.2) is 0 Å². The van der Waals surface area contributed by atoms with Gasteiger partial charge in [0, 0.05) is 12.4 Å². The van der Waals surface area contributed by atoms with Crippen LogP contribution in [0.15, 0.2) is 18.5 Å². The van der Waals surface area contributed by atoms with Crippen molar-refractivity contribution in [2.24, 2.45) is 0 Å². The third kappa shape index (κ3) is 1.35. The van der Waals surface area contributed by atoms with E-state index in [1.54, 1.807) is 6.07 Å². The lowest BCUT2D eigenvalue weighted by Gasteiger charge is -2.32. The summed E-state index contributed by atoms with van der Waals surface area (Å²) in [5.74, 6) is 0. The number of hydrogen-bond donors (Lipinski definition) is 1. The maximum Gasteiger partial charge on any atom is 0.444 e. The van der Waals surface area contributed by atoms with Crippen LogP contribution in [0.2, 0.25) is 0 Å². The van der Waals surface area contributed by atoms with Gasteiger partial charge in [0.05, 0.1) is 6.54 Å². The molecule has 2 rings (SSSR count). The Hall–Kier alpha value is -1.24. The molecule has 1 saturated heterocycles. The number of carbonyl (C=O) groups excluding carboxylic acids is 1. The highest BCUT2D eigenvalue weighted by atomic mass is 16.6. The minimum atomic E-state index is -0.859. The van der Waals surface area contributed by atoms with Crippen molar-refractivity contribution < 1.29 is 9.44 Å². The van der Waals surface area contributed by atoms with Gasteiger partial charge in [-0.15, -0.1) is 0 Å². The fourth-order valence-corrected chi connectivity index (χ4v) is 1.33. The summed E-state index contributed by atoms with van der Waals surface area (Å²) in [4.78, 5) is 11.6. The summed E-state index contributed by atoms with van der Waals surface area (Å²) in [6.45, 7) is 0.994. The maximum atomic E-state index is 11.8. The molecule has 0 aliphatic carbocycles. The van der Waals surface area contributed by atoms with Crippen molar-refractivity contribution in [1.29, 1.82) is 0 Å². The minimum absolute atomic E-state index is 0.138. The fourth-order valence-electron chi connectivity index (χ4n) is 1.33. The number of carbonyl (C=O) groups is 1. The largest absolute Gasteiger partial charge is 0.623 e. The van der Waals surface area contributed by atoms with Crippen LogP contribution >= 0.6 is 0 Å². The number of nitrogens with one attached hydrogen (secondary N) is 1. The van der Waals surface area contributed by atoms with Crippen LogP contribution in [0.5, 0.6) is 0 Å². The zero-order valence-electron chi connectivity index (χ0n) is 7.01. The fraction of sp³-hybridized carbons (Fsp3) is 0.429. The van der Waals surface area contributed by atoms with E-state index in [2.05, 4.69) is 10.4 Å². The number of amides is 1. The molecule has 1 fully saturated rings. The topological polar surface area (TPSA) is 70.0 Å². The first-order valence-corrected chi connectivity index (χ1v) is 4.06. The zero-order chi connectivity index (χ0) is 9.31. The van der Waals surface area contributed by atoms with Gasteiger partial charge in [0.25, 0.3) is 0 Å². The van der Waals surface area contributed by atoms with Gasteiger partial charge in [-0.1, -0.05) is 0 Å². The Balaban J connectivity index is 2.21. The van der Waals surface area contributed by atoms with Gasteiger partial charge in [-0.3, -0.25) is 9.96 Å². The van der Waals surface area contributed by atoms with E-state index >= 15 is 0 Å². The third-order valence-electron chi connectivity index (χ3n) is 2.07. The molecule has 13 heavy (non-hydrogen) atoms. The van der Waals surface area contributed by atoms with Crippen molar-refractivity contribution in [3.05, 3.63) is 23.7 Å². The number of rotatable bonds is 0. The molecule has 0 saturated carbocycles. The molecule has 1 aromatic heterocycles. The van der Waals surface area contributed by atoms with E-state index in [0.717, 1.165) is 4.68 Å². The second-order valence-corrected chi connectivity index (χ2v) is 3.00. The van der Waals surface area contributed by atoms with Crippen molar-refractivity contribution in [1.82, 2.24) is 15.1 Å². The molecule has 0 spiro atoms. The Kier molecular flexibility index (Phi) is 1.87. The Morgan fingerprint density at radius 3 is 3.08 bits per heavy atom. The van der Waals surface area contributed by atoms with Gasteiger partial charge in [0.2, 0.25) is 0 Å². The molecular formula is C7H10N4O2. The SMILES string of the molecule is O=C(n1cccn1)[N+]1([O-])CCNC1. The van der Waals surface area contributed by atoms with E-state index in [1.165, 1.54) is 12.4 Å². The maximum absolute atomic E-state index is 11.8. The molecule has 6 nitrogen and oxygen atoms in total. The summed E-state index contributed by atoms with van der Waals surface area (Å²) in [6, 6.07) is 1.09. The minimum Gasteiger partial charge on any atom is -0.623 e. The molecule has 1 amide bonds. The van der Waals surface area contributed by atoms with Crippen molar-refractivity contribution in [2.75, 3.05) is 19.8 Å². The Labute approximate surface area is 74.9 Å². The lowest BCUT2D eigenvalue weighted by Crippen LogP contribution is -2.48. The van der Waals surface area contributed by atoms with Gasteiger partial charge in [-0.25, -0.2) is 4.79 Å². The molecule has 1 aliphatic rings. The number of hydrogen-bond acceptors (Lipinski definition) is 4. The quantitative estimate of drug-likeness (QED) is 0.442. The summed E-state index contributed by atoms with van der Waals surface area (Å²) in [7, 11) is 0. The van der Waals surface area contributed by atoms with E-state index in [0.29, 0.717) is 6.54 Å². The van der Waals surface area contributed by atoms with Crippen molar-refractivity contribution >= 4 is 6.03 Å². The smallest absolute Gasteiger partial charge is 0.444 e. The molecule has 1 unspecified atom stereocenters. The van der Waals surface area contributed by atoms with Crippen LogP contribution in [-0.4, -0.2) is 40.2 Å². The van der Waals surface area contributed by atoms with Crippen molar-refractivity contribution in [3.8, 4) is 0 Å². The van der Waals surface area contributed by atoms with E-state index in [1.807, 2.05) is 0 Å². The Bertz CT molecular complexity index is 302. The number of hydroxylamine groups is 3. The van der Waals surface area contributed by atoms with Crippen LogP contribution in [0.1, 0.15) is 0 Å². The standard InChI is InChI=1S/C7H10N4O2/c12-7(10-4-1-2-9-10)11(13)5-3-8-6-11/h1-2,4,8H,3,5-6H2. The Morgan fingerprint density at radius 1 is 1.69 bits per heavy atom.